The average molecular weight is 460 g/mol. The molecule has 0 spiro atoms. The third-order valence-corrected chi connectivity index (χ3v) is 6.88. The first-order chi connectivity index (χ1) is 14.5. The predicted octanol–water partition coefficient (Wildman–Crippen LogP) is 2.89. The summed E-state index contributed by atoms with van der Waals surface area (Å²) in [4.78, 5) is 0. The third-order valence-electron chi connectivity index (χ3n) is 6.88. The monoisotopic (exact) mass is 460 g/mol. The zero-order valence-electron chi connectivity index (χ0n) is 17.0. The van der Waals surface area contributed by atoms with Crippen molar-refractivity contribution in [3.05, 3.63) is 0 Å². The molecule has 0 radical (unpaired) electrons. The Labute approximate surface area is 176 Å². The summed E-state index contributed by atoms with van der Waals surface area (Å²) < 4.78 is 93.7. The maximum Gasteiger partial charge on any atom is 0.395 e. The average Bonchev–Trinajstić information content (AvgIpc) is 3.40. The van der Waals surface area contributed by atoms with E-state index < -0.39 is 61.4 Å². The number of ether oxygens (including phenoxy) is 2. The molecule has 1 saturated carbocycles. The second-order valence-corrected chi connectivity index (χ2v) is 9.22. The Bertz CT molecular complexity index is 617. The molecule has 12 heteroatoms. The number of piperidine rings is 1. The summed E-state index contributed by atoms with van der Waals surface area (Å²) in [6.07, 6.45) is -9.61. The summed E-state index contributed by atoms with van der Waals surface area (Å²) in [5.74, 6) is -3.31. The minimum Gasteiger partial charge on any atom is -0.359 e. The van der Waals surface area contributed by atoms with Crippen molar-refractivity contribution < 1.29 is 35.8 Å². The quantitative estimate of drug-likeness (QED) is 0.451. The zero-order chi connectivity index (χ0) is 22.4. The highest BCUT2D eigenvalue weighted by atomic mass is 19.4. The fourth-order valence-corrected chi connectivity index (χ4v) is 4.95. The number of hydrazine groups is 1. The second kappa shape index (κ2) is 8.94. The number of alkyl halides is 6. The van der Waals surface area contributed by atoms with Crippen molar-refractivity contribution in [2.75, 3.05) is 0 Å². The van der Waals surface area contributed by atoms with Gasteiger partial charge in [-0.2, -0.15) is 26.3 Å². The number of nitrogens with two attached hydrogens (primary N) is 1. The minimum absolute atomic E-state index is 0.0898. The summed E-state index contributed by atoms with van der Waals surface area (Å²) in [5, 5.41) is 2.83. The van der Waals surface area contributed by atoms with Crippen LogP contribution in [0.2, 0.25) is 0 Å². The van der Waals surface area contributed by atoms with Gasteiger partial charge in [0.05, 0.1) is 24.0 Å². The highest BCUT2D eigenvalue weighted by molar-refractivity contribution is 4.99. The van der Waals surface area contributed by atoms with Crippen molar-refractivity contribution in [2.24, 2.45) is 23.5 Å². The highest BCUT2D eigenvalue weighted by Gasteiger charge is 2.55. The molecule has 4 fully saturated rings. The van der Waals surface area contributed by atoms with Crippen LogP contribution >= 0.6 is 0 Å². The number of rotatable bonds is 1. The molecule has 4 aliphatic rings. The summed E-state index contributed by atoms with van der Waals surface area (Å²) >= 11 is 0. The highest BCUT2D eigenvalue weighted by Crippen LogP contribution is 2.42. The topological polar surface area (TPSA) is 80.6 Å². The van der Waals surface area contributed by atoms with E-state index in [4.69, 9.17) is 15.2 Å². The molecule has 4 bridgehead atoms. The van der Waals surface area contributed by atoms with Crippen molar-refractivity contribution in [2.45, 2.75) is 101 Å². The van der Waals surface area contributed by atoms with E-state index in [1.807, 2.05) is 0 Å². The van der Waals surface area contributed by atoms with Crippen molar-refractivity contribution in [1.29, 1.82) is 0 Å². The largest absolute Gasteiger partial charge is 0.395 e. The second-order valence-electron chi connectivity index (χ2n) is 9.22. The van der Waals surface area contributed by atoms with Gasteiger partial charge < -0.3 is 15.2 Å². The maximum atomic E-state index is 13.7. The number of nitrogens with one attached hydrogen (secondary N) is 3. The fourth-order valence-electron chi connectivity index (χ4n) is 4.95. The van der Waals surface area contributed by atoms with E-state index in [2.05, 4.69) is 16.2 Å². The summed E-state index contributed by atoms with van der Waals surface area (Å²) in [6.45, 7) is 0. The molecule has 8 atom stereocenters. The molecular weight excluding hydrogens is 430 g/mol. The molecule has 3 heterocycles. The van der Waals surface area contributed by atoms with E-state index >= 15 is 0 Å². The van der Waals surface area contributed by atoms with Crippen LogP contribution in [0.4, 0.5) is 26.3 Å². The van der Waals surface area contributed by atoms with Crippen molar-refractivity contribution in [3.63, 3.8) is 0 Å². The summed E-state index contributed by atoms with van der Waals surface area (Å²) in [7, 11) is 0. The van der Waals surface area contributed by atoms with Crippen LogP contribution in [0.25, 0.3) is 0 Å². The van der Waals surface area contributed by atoms with Crippen molar-refractivity contribution in [1.82, 2.24) is 16.2 Å². The molecule has 3 saturated heterocycles. The molecule has 0 aromatic carbocycles. The van der Waals surface area contributed by atoms with Gasteiger partial charge >= 0.3 is 12.4 Å². The Kier molecular flexibility index (Phi) is 6.78. The number of halogens is 6. The van der Waals surface area contributed by atoms with Crippen LogP contribution < -0.4 is 21.9 Å². The maximum absolute atomic E-state index is 13.7. The van der Waals surface area contributed by atoms with Gasteiger partial charge in [-0.1, -0.05) is 19.3 Å². The standard InChI is InChI=1S/C19H30F6N4O2/c20-18(21,22)10-4-2-1-3-5-13(9-6-7-9)30-15-11(19(23,24)25)8-12(26)14(27-15)17-29-28-16(10)31-17/h9-17,27-29H,1-8,26H2/t10-,11?,12?,13?,14?,15?,16?,17?/m1/s1. The number of hydrogen-bond acceptors (Lipinski definition) is 6. The lowest BCUT2D eigenvalue weighted by Crippen LogP contribution is -2.67. The molecule has 0 aromatic heterocycles. The lowest BCUT2D eigenvalue weighted by atomic mass is 9.87. The molecule has 7 unspecified atom stereocenters. The number of fused-ring (bicyclic) bond motifs is 5. The summed E-state index contributed by atoms with van der Waals surface area (Å²) in [6, 6.07) is -1.81. The molecule has 180 valence electrons. The predicted molar refractivity (Wildman–Crippen MR) is 98.0 cm³/mol. The van der Waals surface area contributed by atoms with Crippen LogP contribution in [-0.4, -0.2) is 49.2 Å². The van der Waals surface area contributed by atoms with E-state index in [0.29, 0.717) is 25.7 Å². The van der Waals surface area contributed by atoms with Gasteiger partial charge in [-0.25, -0.2) is 10.9 Å². The Morgan fingerprint density at radius 1 is 0.710 bits per heavy atom. The lowest BCUT2D eigenvalue weighted by molar-refractivity contribution is -0.240. The summed E-state index contributed by atoms with van der Waals surface area (Å²) in [5.41, 5.74) is 11.2. The smallest absolute Gasteiger partial charge is 0.359 e. The Morgan fingerprint density at radius 3 is 2.00 bits per heavy atom. The van der Waals surface area contributed by atoms with Crippen LogP contribution in [0.5, 0.6) is 0 Å². The van der Waals surface area contributed by atoms with Gasteiger partial charge in [-0.05, 0) is 38.0 Å². The molecule has 0 amide bonds. The molecule has 1 aliphatic carbocycles. The van der Waals surface area contributed by atoms with Gasteiger partial charge in [0.1, 0.15) is 18.7 Å². The first-order valence-corrected chi connectivity index (χ1v) is 11.0. The van der Waals surface area contributed by atoms with E-state index in [1.165, 1.54) is 0 Å². The van der Waals surface area contributed by atoms with Gasteiger partial charge in [0.2, 0.25) is 0 Å². The zero-order valence-corrected chi connectivity index (χ0v) is 17.0. The van der Waals surface area contributed by atoms with Crippen LogP contribution in [0.3, 0.4) is 0 Å². The first-order valence-electron chi connectivity index (χ1n) is 11.0. The van der Waals surface area contributed by atoms with Gasteiger partial charge in [0.15, 0.2) is 0 Å². The van der Waals surface area contributed by atoms with Crippen LogP contribution in [0, 0.1) is 17.8 Å². The molecule has 6 nitrogen and oxygen atoms in total. The first kappa shape index (κ1) is 23.5. The Hall–Kier alpha value is -0.660. The van der Waals surface area contributed by atoms with Gasteiger partial charge in [-0.3, -0.25) is 5.32 Å². The van der Waals surface area contributed by atoms with Crippen LogP contribution in [-0.2, 0) is 9.47 Å². The molecular formula is C19H30F6N4O2. The minimum atomic E-state index is -4.51. The van der Waals surface area contributed by atoms with E-state index in [9.17, 15) is 26.3 Å². The normalized spacial score (nSPS) is 43.5. The molecule has 0 aromatic rings. The van der Waals surface area contributed by atoms with Gasteiger partial charge in [-0.15, -0.1) is 0 Å². The van der Waals surface area contributed by atoms with Crippen molar-refractivity contribution >= 4 is 0 Å². The van der Waals surface area contributed by atoms with Crippen LogP contribution in [0.15, 0.2) is 0 Å². The molecule has 3 aliphatic heterocycles. The van der Waals surface area contributed by atoms with Crippen LogP contribution in [0.1, 0.15) is 51.4 Å². The lowest BCUT2D eigenvalue weighted by Gasteiger charge is -2.44. The van der Waals surface area contributed by atoms with Gasteiger partial charge in [0.25, 0.3) is 0 Å². The van der Waals surface area contributed by atoms with Crippen molar-refractivity contribution in [3.8, 4) is 0 Å². The van der Waals surface area contributed by atoms with E-state index in [1.54, 1.807) is 0 Å². The SMILES string of the molecule is NC1CC(C(F)(F)F)C2NC1C1NNC(O1)[C@H](C(F)(F)F)CCCCCC(C1CC1)O2. The molecule has 31 heavy (non-hydrogen) atoms. The molecule has 4 rings (SSSR count). The van der Waals surface area contributed by atoms with E-state index in [-0.39, 0.29) is 18.4 Å². The third kappa shape index (κ3) is 5.47. The number of hydrogen-bond donors (Lipinski definition) is 4. The Balaban J connectivity index is 1.57. The van der Waals surface area contributed by atoms with E-state index in [0.717, 1.165) is 12.8 Å². The Morgan fingerprint density at radius 2 is 1.35 bits per heavy atom. The molecule has 5 N–H and O–H groups in total. The fraction of sp³-hybridized carbons (Fsp3) is 1.00. The van der Waals surface area contributed by atoms with Gasteiger partial charge in [0, 0.05) is 6.04 Å².